The summed E-state index contributed by atoms with van der Waals surface area (Å²) in [6.45, 7) is 8.57. The largest absolute Gasteiger partial charge is 0.423 e. The molecule has 1 fully saturated rings. The second-order valence-electron chi connectivity index (χ2n) is 10.5. The zero-order chi connectivity index (χ0) is 31.2. The van der Waals surface area contributed by atoms with Crippen LogP contribution in [0.1, 0.15) is 64.7 Å². The average Bonchev–Trinajstić information content (AvgIpc) is 3.34. The van der Waals surface area contributed by atoms with Crippen molar-refractivity contribution in [3.8, 4) is 11.5 Å². The van der Waals surface area contributed by atoms with Crippen molar-refractivity contribution in [2.75, 3.05) is 6.54 Å². The summed E-state index contributed by atoms with van der Waals surface area (Å²) in [6, 6.07) is -0.124. The molecule has 14 heteroatoms. The van der Waals surface area contributed by atoms with E-state index in [4.69, 9.17) is 9.47 Å². The van der Waals surface area contributed by atoms with Crippen LogP contribution < -0.4 is 20.1 Å². The number of halogens is 3. The van der Waals surface area contributed by atoms with Gasteiger partial charge in [-0.15, -0.1) is 0 Å². The van der Waals surface area contributed by atoms with Crippen LogP contribution in [0.2, 0.25) is 0 Å². The van der Waals surface area contributed by atoms with E-state index < -0.39 is 71.9 Å². The van der Waals surface area contributed by atoms with Crippen LogP contribution in [0.3, 0.4) is 0 Å². The number of esters is 2. The van der Waals surface area contributed by atoms with Gasteiger partial charge in [-0.1, -0.05) is 27.7 Å². The number of nitrogens with one attached hydrogen (secondary N) is 2. The summed E-state index contributed by atoms with van der Waals surface area (Å²) < 4.78 is 49.5. The lowest BCUT2D eigenvalue weighted by atomic mass is 9.97. The Balaban J connectivity index is 2.25. The summed E-state index contributed by atoms with van der Waals surface area (Å²) in [4.78, 5) is 63.8. The van der Waals surface area contributed by atoms with Crippen LogP contribution in [0, 0.1) is 11.8 Å². The van der Waals surface area contributed by atoms with Crippen LogP contribution in [0.5, 0.6) is 11.5 Å². The lowest BCUT2D eigenvalue weighted by Gasteiger charge is -2.33. The third-order valence-electron chi connectivity index (χ3n) is 6.47. The molecule has 1 aliphatic rings. The van der Waals surface area contributed by atoms with Crippen molar-refractivity contribution in [3.05, 3.63) is 23.8 Å². The van der Waals surface area contributed by atoms with Crippen molar-refractivity contribution in [2.45, 2.75) is 84.8 Å². The van der Waals surface area contributed by atoms with Gasteiger partial charge in [0.1, 0.15) is 12.1 Å². The number of alkyl halides is 3. The Hall–Kier alpha value is -3.68. The molecular weight excluding hydrogens is 551 g/mol. The zero-order valence-electron chi connectivity index (χ0n) is 23.7. The monoisotopic (exact) mass is 587 g/mol. The molecule has 0 aliphatic carbocycles. The van der Waals surface area contributed by atoms with E-state index in [0.717, 1.165) is 13.8 Å². The first kappa shape index (κ1) is 33.5. The number of aliphatic hydroxyl groups is 1. The zero-order valence-corrected chi connectivity index (χ0v) is 23.7. The Bertz CT molecular complexity index is 1160. The Morgan fingerprint density at radius 2 is 1.54 bits per heavy atom. The first-order chi connectivity index (χ1) is 18.9. The maximum absolute atomic E-state index is 13.5. The van der Waals surface area contributed by atoms with Crippen molar-refractivity contribution in [1.29, 1.82) is 0 Å². The van der Waals surface area contributed by atoms with Crippen LogP contribution in [0.15, 0.2) is 18.2 Å². The number of carbonyl (C=O) groups is 5. The molecule has 3 amide bonds. The molecule has 0 radical (unpaired) electrons. The van der Waals surface area contributed by atoms with Crippen LogP contribution in [0.4, 0.5) is 13.2 Å². The van der Waals surface area contributed by atoms with E-state index in [2.05, 4.69) is 10.6 Å². The second kappa shape index (κ2) is 13.8. The molecule has 3 N–H and O–H groups in total. The molecule has 228 valence electrons. The van der Waals surface area contributed by atoms with Crippen molar-refractivity contribution >= 4 is 29.7 Å². The highest BCUT2D eigenvalue weighted by Crippen LogP contribution is 2.30. The smallest absolute Gasteiger partial charge is 0.416 e. The van der Waals surface area contributed by atoms with E-state index in [0.29, 0.717) is 6.42 Å². The highest BCUT2D eigenvalue weighted by atomic mass is 19.4. The maximum atomic E-state index is 13.5. The lowest BCUT2D eigenvalue weighted by Crippen LogP contribution is -2.59. The van der Waals surface area contributed by atoms with E-state index in [9.17, 15) is 42.3 Å². The Morgan fingerprint density at radius 1 is 0.951 bits per heavy atom. The van der Waals surface area contributed by atoms with Crippen molar-refractivity contribution in [3.63, 3.8) is 0 Å². The number of amides is 3. The van der Waals surface area contributed by atoms with Crippen LogP contribution >= 0.6 is 0 Å². The summed E-state index contributed by atoms with van der Waals surface area (Å²) in [7, 11) is 0. The summed E-state index contributed by atoms with van der Waals surface area (Å²) >= 11 is 0. The summed E-state index contributed by atoms with van der Waals surface area (Å²) in [5, 5.41) is 14.6. The molecule has 0 bridgehead atoms. The number of benzene rings is 1. The van der Waals surface area contributed by atoms with E-state index in [1.807, 2.05) is 0 Å². The Morgan fingerprint density at radius 3 is 2.05 bits per heavy atom. The molecule has 1 heterocycles. The third kappa shape index (κ3) is 8.90. The Kier molecular flexibility index (Phi) is 11.3. The molecule has 0 saturated carbocycles. The molecule has 1 aromatic carbocycles. The van der Waals surface area contributed by atoms with Gasteiger partial charge in [-0.3, -0.25) is 24.0 Å². The van der Waals surface area contributed by atoms with Crippen LogP contribution in [-0.2, 0) is 19.2 Å². The molecule has 1 aromatic rings. The van der Waals surface area contributed by atoms with Gasteiger partial charge in [0.2, 0.25) is 11.8 Å². The summed E-state index contributed by atoms with van der Waals surface area (Å²) in [5.74, 6) is -5.09. The molecule has 2 rings (SSSR count). The normalized spacial score (nSPS) is 17.6. The number of ether oxygens (including phenoxy) is 2. The quantitative estimate of drug-likeness (QED) is 0.279. The summed E-state index contributed by atoms with van der Waals surface area (Å²) in [5.41, 5.74) is -0.0211. The van der Waals surface area contributed by atoms with Gasteiger partial charge < -0.3 is 30.1 Å². The molecule has 0 spiro atoms. The Labute approximate surface area is 235 Å². The number of likely N-dealkylation sites (tertiary alicyclic amines) is 1. The topological polar surface area (TPSA) is 151 Å². The predicted octanol–water partition coefficient (Wildman–Crippen LogP) is 2.35. The molecule has 41 heavy (non-hydrogen) atoms. The standard InChI is InChI=1S/C27H36F3N3O8/c1-13(2)21(23(36)27(28,29)30)31-25(38)18-8-7-11-33(18)26(39)22(14(3)4)32-24(37)17-9-10-19(40-15(5)34)20(12-17)41-16(6)35/h9-10,12-14,18,21-23,36H,7-8,11H2,1-6H3,(H,31,38)(H,32,37)/t18-,21?,22-,23?/m0/s1. The third-order valence-corrected chi connectivity index (χ3v) is 6.47. The fraction of sp³-hybridized carbons (Fsp3) is 0.593. The molecule has 2 unspecified atom stereocenters. The average molecular weight is 588 g/mol. The molecule has 1 aliphatic heterocycles. The fourth-order valence-corrected chi connectivity index (χ4v) is 4.42. The maximum Gasteiger partial charge on any atom is 0.416 e. The van der Waals surface area contributed by atoms with Gasteiger partial charge in [0.15, 0.2) is 17.6 Å². The molecule has 11 nitrogen and oxygen atoms in total. The van der Waals surface area contributed by atoms with Gasteiger partial charge in [0, 0.05) is 26.0 Å². The second-order valence-corrected chi connectivity index (χ2v) is 10.5. The van der Waals surface area contributed by atoms with Crippen molar-refractivity contribution < 1.29 is 51.7 Å². The minimum Gasteiger partial charge on any atom is -0.423 e. The van der Waals surface area contributed by atoms with Gasteiger partial charge in [0.05, 0.1) is 6.04 Å². The number of hydrogen-bond donors (Lipinski definition) is 3. The molecule has 1 saturated heterocycles. The first-order valence-corrected chi connectivity index (χ1v) is 13.1. The van der Waals surface area contributed by atoms with E-state index >= 15 is 0 Å². The molecular formula is C27H36F3N3O8. The minimum atomic E-state index is -4.95. The summed E-state index contributed by atoms with van der Waals surface area (Å²) in [6.07, 6.45) is -7.15. The number of rotatable bonds is 10. The molecule has 4 atom stereocenters. The van der Waals surface area contributed by atoms with Gasteiger partial charge in [-0.25, -0.2) is 0 Å². The predicted molar refractivity (Wildman–Crippen MR) is 139 cm³/mol. The SMILES string of the molecule is CC(=O)Oc1ccc(C(=O)N[C@H](C(=O)N2CCC[C@H]2C(=O)NC(C(C)C)C(O)C(F)(F)F)C(C)C)cc1OC(C)=O. The number of nitrogens with zero attached hydrogens (tertiary/aromatic N) is 1. The highest BCUT2D eigenvalue weighted by Gasteiger charge is 2.47. The lowest BCUT2D eigenvalue weighted by molar-refractivity contribution is -0.215. The van der Waals surface area contributed by atoms with E-state index in [1.165, 1.54) is 36.9 Å². The molecule has 0 aromatic heterocycles. The van der Waals surface area contributed by atoms with Crippen LogP contribution in [0.25, 0.3) is 0 Å². The van der Waals surface area contributed by atoms with Crippen molar-refractivity contribution in [2.24, 2.45) is 11.8 Å². The van der Waals surface area contributed by atoms with Gasteiger partial charge in [0.25, 0.3) is 5.91 Å². The van der Waals surface area contributed by atoms with E-state index in [-0.39, 0.29) is 30.0 Å². The van der Waals surface area contributed by atoms with Crippen LogP contribution in [-0.4, -0.2) is 76.6 Å². The number of carbonyl (C=O) groups excluding carboxylic acids is 5. The van der Waals surface area contributed by atoms with Gasteiger partial charge >= 0.3 is 18.1 Å². The van der Waals surface area contributed by atoms with Gasteiger partial charge in [-0.05, 0) is 42.9 Å². The first-order valence-electron chi connectivity index (χ1n) is 13.1. The van der Waals surface area contributed by atoms with Gasteiger partial charge in [-0.2, -0.15) is 13.2 Å². The number of hydrogen-bond acceptors (Lipinski definition) is 8. The minimum absolute atomic E-state index is 0.0211. The fourth-order valence-electron chi connectivity index (χ4n) is 4.42. The van der Waals surface area contributed by atoms with E-state index in [1.54, 1.807) is 13.8 Å². The van der Waals surface area contributed by atoms with Crippen molar-refractivity contribution in [1.82, 2.24) is 15.5 Å². The highest BCUT2D eigenvalue weighted by molar-refractivity contribution is 5.99. The number of aliphatic hydroxyl groups excluding tert-OH is 1.